The highest BCUT2D eigenvalue weighted by atomic mass is 16.1. The van der Waals surface area contributed by atoms with Gasteiger partial charge in [-0.2, -0.15) is 0 Å². The SMILES string of the molecule is CN1C2CCC1CC(C(=O)c1ccc3nccnc3c1)C2. The minimum Gasteiger partial charge on any atom is -0.300 e. The van der Waals surface area contributed by atoms with Gasteiger partial charge in [0, 0.05) is 36.0 Å². The maximum atomic E-state index is 12.8. The first-order valence-electron chi connectivity index (χ1n) is 7.69. The molecule has 4 nitrogen and oxygen atoms in total. The molecular weight excluding hydrogens is 262 g/mol. The van der Waals surface area contributed by atoms with Crippen molar-refractivity contribution in [1.29, 1.82) is 0 Å². The Morgan fingerprint density at radius 1 is 1.10 bits per heavy atom. The predicted octanol–water partition coefficient (Wildman–Crippen LogP) is 2.69. The zero-order chi connectivity index (χ0) is 14.4. The fourth-order valence-electron chi connectivity index (χ4n) is 3.98. The standard InChI is InChI=1S/C17H19N3O/c1-20-13-3-4-14(20)9-12(8-13)17(21)11-2-5-15-16(10-11)19-7-6-18-15/h2,5-7,10,12-14H,3-4,8-9H2,1H3. The highest BCUT2D eigenvalue weighted by Crippen LogP contribution is 2.38. The number of benzene rings is 1. The highest BCUT2D eigenvalue weighted by Gasteiger charge is 2.40. The number of hydrogen-bond acceptors (Lipinski definition) is 4. The smallest absolute Gasteiger partial charge is 0.166 e. The number of piperidine rings is 1. The molecule has 2 fully saturated rings. The van der Waals surface area contributed by atoms with Gasteiger partial charge in [0.1, 0.15) is 0 Å². The second kappa shape index (κ2) is 4.88. The maximum Gasteiger partial charge on any atom is 0.166 e. The Kier molecular flexibility index (Phi) is 3.00. The van der Waals surface area contributed by atoms with Crippen molar-refractivity contribution in [2.24, 2.45) is 5.92 Å². The molecule has 2 aromatic rings. The normalized spacial score (nSPS) is 28.9. The summed E-state index contributed by atoms with van der Waals surface area (Å²) in [6.45, 7) is 0. The first kappa shape index (κ1) is 12.9. The van der Waals surface area contributed by atoms with Crippen LogP contribution < -0.4 is 0 Å². The lowest BCUT2D eigenvalue weighted by atomic mass is 9.85. The molecule has 0 aliphatic carbocycles. The molecule has 1 aromatic carbocycles. The van der Waals surface area contributed by atoms with E-state index in [9.17, 15) is 4.79 Å². The Hall–Kier alpha value is -1.81. The van der Waals surface area contributed by atoms with Crippen LogP contribution in [0.15, 0.2) is 30.6 Å². The third kappa shape index (κ3) is 2.14. The van der Waals surface area contributed by atoms with Gasteiger partial charge >= 0.3 is 0 Å². The molecule has 0 N–H and O–H groups in total. The van der Waals surface area contributed by atoms with Gasteiger partial charge in [-0.15, -0.1) is 0 Å². The molecule has 1 aromatic heterocycles. The quantitative estimate of drug-likeness (QED) is 0.794. The van der Waals surface area contributed by atoms with Crippen molar-refractivity contribution in [2.75, 3.05) is 7.05 Å². The highest BCUT2D eigenvalue weighted by molar-refractivity contribution is 6.00. The lowest BCUT2D eigenvalue weighted by molar-refractivity contribution is 0.0767. The van der Waals surface area contributed by atoms with Gasteiger partial charge in [0.15, 0.2) is 5.78 Å². The van der Waals surface area contributed by atoms with Gasteiger partial charge in [-0.3, -0.25) is 14.8 Å². The summed E-state index contributed by atoms with van der Waals surface area (Å²) in [5, 5.41) is 0. The topological polar surface area (TPSA) is 46.1 Å². The molecule has 0 amide bonds. The average molecular weight is 281 g/mol. The van der Waals surface area contributed by atoms with Gasteiger partial charge in [-0.05, 0) is 50.9 Å². The van der Waals surface area contributed by atoms with Crippen molar-refractivity contribution >= 4 is 16.8 Å². The third-order valence-corrected chi connectivity index (χ3v) is 5.22. The van der Waals surface area contributed by atoms with Crippen molar-refractivity contribution < 1.29 is 4.79 Å². The number of ketones is 1. The number of nitrogens with zero attached hydrogens (tertiary/aromatic N) is 3. The van der Waals surface area contributed by atoms with Crippen LogP contribution in [0.2, 0.25) is 0 Å². The Balaban J connectivity index is 1.61. The maximum absolute atomic E-state index is 12.8. The van der Waals surface area contributed by atoms with Gasteiger partial charge in [-0.1, -0.05) is 0 Å². The largest absolute Gasteiger partial charge is 0.300 e. The summed E-state index contributed by atoms with van der Waals surface area (Å²) in [6.07, 6.45) is 7.85. The molecule has 2 saturated heterocycles. The van der Waals surface area contributed by atoms with Gasteiger partial charge in [0.25, 0.3) is 0 Å². The summed E-state index contributed by atoms with van der Waals surface area (Å²) in [5.74, 6) is 0.459. The second-order valence-corrected chi connectivity index (χ2v) is 6.34. The van der Waals surface area contributed by atoms with Crippen LogP contribution in [0.5, 0.6) is 0 Å². The molecule has 2 unspecified atom stereocenters. The van der Waals surface area contributed by atoms with Gasteiger partial charge < -0.3 is 4.90 Å². The first-order valence-corrected chi connectivity index (χ1v) is 7.69. The van der Waals surface area contributed by atoms with Crippen molar-refractivity contribution in [3.63, 3.8) is 0 Å². The van der Waals surface area contributed by atoms with E-state index in [0.717, 1.165) is 29.4 Å². The van der Waals surface area contributed by atoms with Crippen LogP contribution in [-0.4, -0.2) is 39.8 Å². The summed E-state index contributed by atoms with van der Waals surface area (Å²) >= 11 is 0. The van der Waals surface area contributed by atoms with E-state index in [4.69, 9.17) is 0 Å². The van der Waals surface area contributed by atoms with Crippen molar-refractivity contribution in [3.05, 3.63) is 36.2 Å². The lowest BCUT2D eigenvalue weighted by Gasteiger charge is -2.35. The van der Waals surface area contributed by atoms with Crippen LogP contribution in [-0.2, 0) is 0 Å². The zero-order valence-electron chi connectivity index (χ0n) is 12.2. The summed E-state index contributed by atoms with van der Waals surface area (Å²) in [6, 6.07) is 6.89. The second-order valence-electron chi connectivity index (χ2n) is 6.34. The van der Waals surface area contributed by atoms with Gasteiger partial charge in [0.05, 0.1) is 11.0 Å². The molecule has 108 valence electrons. The molecule has 2 aliphatic rings. The van der Waals surface area contributed by atoms with E-state index in [1.54, 1.807) is 12.4 Å². The van der Waals surface area contributed by atoms with Crippen LogP contribution in [0.4, 0.5) is 0 Å². The summed E-state index contributed by atoms with van der Waals surface area (Å²) in [7, 11) is 2.20. The minimum absolute atomic E-state index is 0.174. The lowest BCUT2D eigenvalue weighted by Crippen LogP contribution is -2.42. The summed E-state index contributed by atoms with van der Waals surface area (Å²) in [5.41, 5.74) is 2.44. The van der Waals surface area contributed by atoms with Crippen LogP contribution in [0.25, 0.3) is 11.0 Å². The molecule has 2 bridgehead atoms. The Morgan fingerprint density at radius 3 is 2.48 bits per heavy atom. The van der Waals surface area contributed by atoms with E-state index in [1.165, 1.54) is 12.8 Å². The molecule has 4 rings (SSSR count). The summed E-state index contributed by atoms with van der Waals surface area (Å²) < 4.78 is 0. The van der Waals surface area contributed by atoms with Crippen LogP contribution in [0.1, 0.15) is 36.0 Å². The molecular formula is C17H19N3O. The van der Waals surface area contributed by atoms with Crippen LogP contribution >= 0.6 is 0 Å². The van der Waals surface area contributed by atoms with Crippen molar-refractivity contribution in [1.82, 2.24) is 14.9 Å². The summed E-state index contributed by atoms with van der Waals surface area (Å²) in [4.78, 5) is 23.8. The molecule has 2 aliphatic heterocycles. The average Bonchev–Trinajstić information content (AvgIpc) is 2.75. The number of carbonyl (C=O) groups is 1. The van der Waals surface area contributed by atoms with E-state index in [0.29, 0.717) is 12.1 Å². The fourth-order valence-corrected chi connectivity index (χ4v) is 3.98. The van der Waals surface area contributed by atoms with E-state index in [-0.39, 0.29) is 11.7 Å². The molecule has 3 heterocycles. The Labute approximate surface area is 124 Å². The number of hydrogen-bond donors (Lipinski definition) is 0. The number of fused-ring (bicyclic) bond motifs is 3. The Bertz CT molecular complexity index is 685. The monoisotopic (exact) mass is 281 g/mol. The van der Waals surface area contributed by atoms with E-state index in [2.05, 4.69) is 21.9 Å². The Morgan fingerprint density at radius 2 is 1.76 bits per heavy atom. The van der Waals surface area contributed by atoms with E-state index < -0.39 is 0 Å². The number of aromatic nitrogens is 2. The zero-order valence-corrected chi connectivity index (χ0v) is 12.2. The minimum atomic E-state index is 0.174. The molecule has 0 saturated carbocycles. The van der Waals surface area contributed by atoms with Gasteiger partial charge in [-0.25, -0.2) is 0 Å². The van der Waals surface area contributed by atoms with Gasteiger partial charge in [0.2, 0.25) is 0 Å². The van der Waals surface area contributed by atoms with E-state index >= 15 is 0 Å². The van der Waals surface area contributed by atoms with E-state index in [1.807, 2.05) is 18.2 Å². The van der Waals surface area contributed by atoms with Crippen molar-refractivity contribution in [2.45, 2.75) is 37.8 Å². The van der Waals surface area contributed by atoms with Crippen molar-refractivity contribution in [3.8, 4) is 0 Å². The first-order chi connectivity index (χ1) is 10.2. The molecule has 0 spiro atoms. The third-order valence-electron chi connectivity index (χ3n) is 5.22. The van der Waals surface area contributed by atoms with Crippen LogP contribution in [0.3, 0.4) is 0 Å². The fraction of sp³-hybridized carbons (Fsp3) is 0.471. The number of carbonyl (C=O) groups excluding carboxylic acids is 1. The molecule has 2 atom stereocenters. The molecule has 21 heavy (non-hydrogen) atoms. The van der Waals surface area contributed by atoms with Crippen LogP contribution in [0, 0.1) is 5.92 Å². The molecule has 4 heteroatoms. The number of rotatable bonds is 2. The predicted molar refractivity (Wildman–Crippen MR) is 81.2 cm³/mol. The number of Topliss-reactive ketones (excluding diaryl/α,β-unsaturated/α-hetero) is 1. The molecule has 0 radical (unpaired) electrons.